The van der Waals surface area contributed by atoms with Crippen molar-refractivity contribution in [2.45, 2.75) is 0 Å². The van der Waals surface area contributed by atoms with Crippen LogP contribution >= 0.6 is 15.9 Å². The molecule has 0 N–H and O–H groups in total. The Morgan fingerprint density at radius 2 is 2.15 bits per heavy atom. The Balaban J connectivity index is 3.00. The third kappa shape index (κ3) is 1.13. The molecule has 68 valence electrons. The van der Waals surface area contributed by atoms with Crippen LogP contribution in [0.2, 0.25) is 0 Å². The maximum Gasteiger partial charge on any atom is 0.186 e. The molecule has 1 aromatic heterocycles. The second kappa shape index (κ2) is 2.73. The first-order valence-corrected chi connectivity index (χ1v) is 4.23. The van der Waals surface area contributed by atoms with Crippen LogP contribution in [0.1, 0.15) is 0 Å². The topological polar surface area (TPSA) is 30.7 Å². The molecular formula is C7H4BrF2N3. The van der Waals surface area contributed by atoms with Gasteiger partial charge in [-0.15, -0.1) is 5.10 Å². The van der Waals surface area contributed by atoms with Crippen molar-refractivity contribution >= 4 is 27.0 Å². The zero-order chi connectivity index (χ0) is 9.59. The molecule has 6 heteroatoms. The van der Waals surface area contributed by atoms with E-state index in [1.807, 2.05) is 0 Å². The van der Waals surface area contributed by atoms with Crippen LogP contribution in [0.5, 0.6) is 0 Å². The molecular weight excluding hydrogens is 244 g/mol. The third-order valence-electron chi connectivity index (χ3n) is 1.72. The van der Waals surface area contributed by atoms with Gasteiger partial charge in [0.25, 0.3) is 0 Å². The lowest BCUT2D eigenvalue weighted by Crippen LogP contribution is -1.94. The number of rotatable bonds is 0. The Bertz CT molecular complexity index is 480. The van der Waals surface area contributed by atoms with Crippen molar-refractivity contribution < 1.29 is 8.78 Å². The Morgan fingerprint density at radius 1 is 1.46 bits per heavy atom. The quantitative estimate of drug-likeness (QED) is 0.667. The first kappa shape index (κ1) is 8.55. The van der Waals surface area contributed by atoms with Crippen LogP contribution in [-0.4, -0.2) is 15.0 Å². The monoisotopic (exact) mass is 247 g/mol. The Hall–Kier alpha value is -1.04. The van der Waals surface area contributed by atoms with Gasteiger partial charge in [0.15, 0.2) is 11.6 Å². The highest BCUT2D eigenvalue weighted by atomic mass is 79.9. The van der Waals surface area contributed by atoms with E-state index in [9.17, 15) is 8.78 Å². The zero-order valence-corrected chi connectivity index (χ0v) is 8.14. The molecule has 2 aromatic rings. The minimum Gasteiger partial charge on any atom is -0.245 e. The van der Waals surface area contributed by atoms with Crippen molar-refractivity contribution in [2.24, 2.45) is 7.05 Å². The Morgan fingerprint density at radius 3 is 2.85 bits per heavy atom. The van der Waals surface area contributed by atoms with Gasteiger partial charge in [0.2, 0.25) is 0 Å². The smallest absolute Gasteiger partial charge is 0.186 e. The lowest BCUT2D eigenvalue weighted by molar-refractivity contribution is 0.511. The summed E-state index contributed by atoms with van der Waals surface area (Å²) >= 11 is 3.07. The second-order valence-electron chi connectivity index (χ2n) is 2.56. The Kier molecular flexibility index (Phi) is 1.80. The fourth-order valence-corrected chi connectivity index (χ4v) is 1.59. The molecule has 0 aliphatic rings. The third-order valence-corrected chi connectivity index (χ3v) is 2.33. The van der Waals surface area contributed by atoms with Crippen molar-refractivity contribution in [3.05, 3.63) is 22.2 Å². The molecule has 0 aliphatic carbocycles. The fourth-order valence-electron chi connectivity index (χ4n) is 1.12. The van der Waals surface area contributed by atoms with Crippen LogP contribution in [-0.2, 0) is 7.05 Å². The Labute approximate surface area is 80.5 Å². The molecule has 3 nitrogen and oxygen atoms in total. The molecule has 1 aromatic carbocycles. The molecule has 0 atom stereocenters. The summed E-state index contributed by atoms with van der Waals surface area (Å²) in [5, 5.41) is 7.27. The molecule has 13 heavy (non-hydrogen) atoms. The largest absolute Gasteiger partial charge is 0.245 e. The normalized spacial score (nSPS) is 11.1. The molecule has 0 spiro atoms. The van der Waals surface area contributed by atoms with E-state index >= 15 is 0 Å². The molecule has 0 fully saturated rings. The van der Waals surface area contributed by atoms with Gasteiger partial charge < -0.3 is 0 Å². The average Bonchev–Trinajstić information content (AvgIpc) is 2.44. The number of hydrogen-bond donors (Lipinski definition) is 0. The number of halogens is 3. The summed E-state index contributed by atoms with van der Waals surface area (Å²) in [4.78, 5) is 0. The van der Waals surface area contributed by atoms with Gasteiger partial charge in [0, 0.05) is 7.05 Å². The fraction of sp³-hybridized carbons (Fsp3) is 0.143. The maximum atomic E-state index is 13.2. The molecule has 2 rings (SSSR count). The minimum absolute atomic E-state index is 0.0619. The molecule has 0 saturated carbocycles. The zero-order valence-electron chi connectivity index (χ0n) is 6.55. The van der Waals surface area contributed by atoms with Gasteiger partial charge in [-0.2, -0.15) is 0 Å². The molecule has 0 saturated heterocycles. The van der Waals surface area contributed by atoms with Gasteiger partial charge in [-0.1, -0.05) is 5.21 Å². The van der Waals surface area contributed by atoms with Gasteiger partial charge in [-0.3, -0.25) is 0 Å². The molecule has 0 radical (unpaired) electrons. The van der Waals surface area contributed by atoms with E-state index in [4.69, 9.17) is 0 Å². The van der Waals surface area contributed by atoms with Crippen LogP contribution < -0.4 is 0 Å². The van der Waals surface area contributed by atoms with E-state index in [1.165, 1.54) is 11.7 Å². The van der Waals surface area contributed by atoms with Crippen molar-refractivity contribution in [3.63, 3.8) is 0 Å². The first-order valence-electron chi connectivity index (χ1n) is 3.44. The van der Waals surface area contributed by atoms with E-state index < -0.39 is 11.6 Å². The molecule has 1 heterocycles. The minimum atomic E-state index is -0.925. The number of aromatic nitrogens is 3. The standard InChI is InChI=1S/C7H4BrF2N3/c1-13-7-5(10)4(9)2-3(8)6(7)11-12-13/h2H,1H3. The summed E-state index contributed by atoms with van der Waals surface area (Å²) < 4.78 is 27.7. The highest BCUT2D eigenvalue weighted by Crippen LogP contribution is 2.25. The van der Waals surface area contributed by atoms with Crippen molar-refractivity contribution in [3.8, 4) is 0 Å². The molecule has 0 bridgehead atoms. The summed E-state index contributed by atoms with van der Waals surface area (Å²) in [6, 6.07) is 1.03. The molecule has 0 amide bonds. The van der Waals surface area contributed by atoms with Crippen LogP contribution in [0, 0.1) is 11.6 Å². The summed E-state index contributed by atoms with van der Waals surface area (Å²) in [5.74, 6) is -1.84. The van der Waals surface area contributed by atoms with Gasteiger partial charge in [0.05, 0.1) is 4.47 Å². The second-order valence-corrected chi connectivity index (χ2v) is 3.42. The van der Waals surface area contributed by atoms with Crippen molar-refractivity contribution in [2.75, 3.05) is 0 Å². The summed E-state index contributed by atoms with van der Waals surface area (Å²) in [7, 11) is 1.50. The van der Waals surface area contributed by atoms with Gasteiger partial charge in [-0.05, 0) is 22.0 Å². The number of fused-ring (bicyclic) bond motifs is 1. The van der Waals surface area contributed by atoms with E-state index in [1.54, 1.807) is 0 Å². The predicted molar refractivity (Wildman–Crippen MR) is 46.1 cm³/mol. The maximum absolute atomic E-state index is 13.2. The molecule has 0 unspecified atom stereocenters. The number of hydrogen-bond acceptors (Lipinski definition) is 2. The van der Waals surface area contributed by atoms with Crippen LogP contribution in [0.15, 0.2) is 10.5 Å². The first-order chi connectivity index (χ1) is 6.11. The van der Waals surface area contributed by atoms with Crippen LogP contribution in [0.3, 0.4) is 0 Å². The lowest BCUT2D eigenvalue weighted by atomic mass is 10.3. The lowest BCUT2D eigenvalue weighted by Gasteiger charge is -1.97. The summed E-state index contributed by atoms with van der Waals surface area (Å²) in [6.45, 7) is 0. The van der Waals surface area contributed by atoms with Crippen LogP contribution in [0.4, 0.5) is 8.78 Å². The summed E-state index contributed by atoms with van der Waals surface area (Å²) in [5.41, 5.74) is 0.383. The van der Waals surface area contributed by atoms with E-state index in [0.29, 0.717) is 9.99 Å². The van der Waals surface area contributed by atoms with Gasteiger partial charge >= 0.3 is 0 Å². The predicted octanol–water partition coefficient (Wildman–Crippen LogP) is 2.01. The molecule has 0 aliphatic heterocycles. The van der Waals surface area contributed by atoms with E-state index in [2.05, 4.69) is 26.2 Å². The number of benzene rings is 1. The van der Waals surface area contributed by atoms with Gasteiger partial charge in [0.1, 0.15) is 11.0 Å². The summed E-state index contributed by atoms with van der Waals surface area (Å²) in [6.07, 6.45) is 0. The van der Waals surface area contributed by atoms with Crippen LogP contribution in [0.25, 0.3) is 11.0 Å². The van der Waals surface area contributed by atoms with Crippen molar-refractivity contribution in [1.29, 1.82) is 0 Å². The van der Waals surface area contributed by atoms with E-state index in [0.717, 1.165) is 6.07 Å². The SMILES string of the molecule is Cn1nnc2c(Br)cc(F)c(F)c21. The van der Waals surface area contributed by atoms with E-state index in [-0.39, 0.29) is 5.52 Å². The number of aryl methyl sites for hydroxylation is 1. The number of nitrogens with zero attached hydrogens (tertiary/aromatic N) is 3. The highest BCUT2D eigenvalue weighted by molar-refractivity contribution is 9.10. The highest BCUT2D eigenvalue weighted by Gasteiger charge is 2.15. The van der Waals surface area contributed by atoms with Gasteiger partial charge in [-0.25, -0.2) is 13.5 Å². The van der Waals surface area contributed by atoms with Crippen molar-refractivity contribution in [1.82, 2.24) is 15.0 Å². The average molecular weight is 248 g/mol.